The number of hydrogen-bond acceptors (Lipinski definition) is 6. The minimum absolute atomic E-state index is 0.168. The van der Waals surface area contributed by atoms with Crippen LogP contribution in [0.2, 0.25) is 10.0 Å². The molecule has 1 aliphatic carbocycles. The van der Waals surface area contributed by atoms with Crippen molar-refractivity contribution in [3.05, 3.63) is 74.9 Å². The lowest BCUT2D eigenvalue weighted by Gasteiger charge is -2.11. The van der Waals surface area contributed by atoms with E-state index in [1.807, 2.05) is 42.5 Å². The molecule has 0 bridgehead atoms. The number of para-hydroxylation sites is 1. The standard InChI is InChI=1S/C22H16Cl2N4OS2/c23-15-7-4-8-16(24)14(15)11-30-22-28-27-21(31-22)26-20(29)19-12-5-1-2-9-17(12)25-18-10-3-6-13(18)19/h1-2,4-5,7-9H,3,6,10-11H2,(H,26,27,29). The predicted molar refractivity (Wildman–Crippen MR) is 128 cm³/mol. The van der Waals surface area contributed by atoms with Crippen LogP contribution in [0.5, 0.6) is 0 Å². The highest BCUT2D eigenvalue weighted by molar-refractivity contribution is 8.00. The summed E-state index contributed by atoms with van der Waals surface area (Å²) in [7, 11) is 0. The number of benzene rings is 2. The first kappa shape index (κ1) is 20.7. The number of nitrogens with one attached hydrogen (secondary N) is 1. The number of nitrogens with zero attached hydrogens (tertiary/aromatic N) is 3. The number of fused-ring (bicyclic) bond motifs is 2. The van der Waals surface area contributed by atoms with Crippen molar-refractivity contribution in [2.75, 3.05) is 5.32 Å². The number of thioether (sulfide) groups is 1. The van der Waals surface area contributed by atoms with Crippen molar-refractivity contribution in [1.82, 2.24) is 15.2 Å². The summed E-state index contributed by atoms with van der Waals surface area (Å²) in [5, 5.41) is 13.8. The number of anilines is 1. The Hall–Kier alpha value is -2.19. The number of amides is 1. The average molecular weight is 487 g/mol. The smallest absolute Gasteiger partial charge is 0.258 e. The SMILES string of the molecule is O=C(Nc1nnc(SCc2c(Cl)cccc2Cl)s1)c1c2c(nc3ccccc13)CCC2. The zero-order chi connectivity index (χ0) is 21.4. The van der Waals surface area contributed by atoms with Crippen LogP contribution in [-0.2, 0) is 18.6 Å². The van der Waals surface area contributed by atoms with Gasteiger partial charge in [0.15, 0.2) is 4.34 Å². The first-order valence-corrected chi connectivity index (χ1v) is 12.3. The van der Waals surface area contributed by atoms with E-state index in [0.717, 1.165) is 51.3 Å². The molecule has 0 radical (unpaired) electrons. The number of aromatic nitrogens is 3. The molecule has 1 aliphatic rings. The molecular weight excluding hydrogens is 471 g/mol. The third-order valence-corrected chi connectivity index (χ3v) is 7.88. The zero-order valence-corrected chi connectivity index (χ0v) is 19.3. The number of carbonyl (C=O) groups excluding carboxylic acids is 1. The fourth-order valence-corrected chi connectivity index (χ4v) is 6.24. The monoisotopic (exact) mass is 486 g/mol. The van der Waals surface area contributed by atoms with Gasteiger partial charge >= 0.3 is 0 Å². The summed E-state index contributed by atoms with van der Waals surface area (Å²) in [6.45, 7) is 0. The number of halogens is 2. The van der Waals surface area contributed by atoms with E-state index < -0.39 is 0 Å². The molecule has 2 aromatic heterocycles. The van der Waals surface area contributed by atoms with Gasteiger partial charge in [0.05, 0.1) is 11.1 Å². The van der Waals surface area contributed by atoms with Gasteiger partial charge in [0.1, 0.15) is 0 Å². The van der Waals surface area contributed by atoms with E-state index in [9.17, 15) is 4.79 Å². The second kappa shape index (κ2) is 8.74. The number of rotatable bonds is 5. The molecule has 0 fully saturated rings. The maximum atomic E-state index is 13.2. The van der Waals surface area contributed by atoms with Gasteiger partial charge < -0.3 is 0 Å². The van der Waals surface area contributed by atoms with Crippen LogP contribution in [0.4, 0.5) is 5.13 Å². The van der Waals surface area contributed by atoms with Gasteiger partial charge in [0.25, 0.3) is 5.91 Å². The number of carbonyl (C=O) groups is 1. The Bertz CT molecular complexity index is 1290. The predicted octanol–water partition coefficient (Wildman–Crippen LogP) is 6.43. The number of aryl methyl sites for hydroxylation is 1. The van der Waals surface area contributed by atoms with Crippen molar-refractivity contribution in [2.45, 2.75) is 29.4 Å². The molecule has 4 aromatic rings. The van der Waals surface area contributed by atoms with Gasteiger partial charge in [0.2, 0.25) is 5.13 Å². The van der Waals surface area contributed by atoms with Crippen LogP contribution in [0.1, 0.15) is 33.6 Å². The Morgan fingerprint density at radius 3 is 2.71 bits per heavy atom. The summed E-state index contributed by atoms with van der Waals surface area (Å²) in [6.07, 6.45) is 2.79. The van der Waals surface area contributed by atoms with Gasteiger partial charge in [0, 0.05) is 26.9 Å². The quantitative estimate of drug-likeness (QED) is 0.260. The molecule has 5 nitrogen and oxygen atoms in total. The Kier molecular flexibility index (Phi) is 5.84. The molecule has 0 saturated heterocycles. The minimum atomic E-state index is -0.168. The van der Waals surface area contributed by atoms with Crippen LogP contribution < -0.4 is 5.32 Å². The Balaban J connectivity index is 1.36. The highest BCUT2D eigenvalue weighted by Gasteiger charge is 2.24. The number of hydrogen-bond donors (Lipinski definition) is 1. The summed E-state index contributed by atoms with van der Waals surface area (Å²) in [5.74, 6) is 0.405. The van der Waals surface area contributed by atoms with E-state index >= 15 is 0 Å². The van der Waals surface area contributed by atoms with Crippen molar-refractivity contribution in [1.29, 1.82) is 0 Å². The van der Waals surface area contributed by atoms with Crippen LogP contribution >= 0.6 is 46.3 Å². The van der Waals surface area contributed by atoms with Gasteiger partial charge in [-0.15, -0.1) is 10.2 Å². The molecule has 1 N–H and O–H groups in total. The molecular formula is C22H16Cl2N4OS2. The van der Waals surface area contributed by atoms with Crippen LogP contribution in [-0.4, -0.2) is 21.1 Å². The van der Waals surface area contributed by atoms with E-state index in [1.165, 1.54) is 23.1 Å². The first-order chi connectivity index (χ1) is 15.1. The Morgan fingerprint density at radius 2 is 1.87 bits per heavy atom. The topological polar surface area (TPSA) is 67.8 Å². The van der Waals surface area contributed by atoms with Crippen molar-refractivity contribution >= 4 is 68.2 Å². The Morgan fingerprint density at radius 1 is 1.06 bits per heavy atom. The van der Waals surface area contributed by atoms with Gasteiger partial charge in [-0.3, -0.25) is 15.1 Å². The summed E-state index contributed by atoms with van der Waals surface area (Å²) in [4.78, 5) is 18.0. The summed E-state index contributed by atoms with van der Waals surface area (Å²) < 4.78 is 0.733. The first-order valence-electron chi connectivity index (χ1n) is 9.71. The molecule has 1 amide bonds. The number of pyridine rings is 1. The van der Waals surface area contributed by atoms with Gasteiger partial charge in [-0.1, -0.05) is 70.6 Å². The van der Waals surface area contributed by atoms with Crippen molar-refractivity contribution in [2.24, 2.45) is 0 Å². The fourth-order valence-electron chi connectivity index (χ4n) is 3.75. The maximum Gasteiger partial charge on any atom is 0.258 e. The molecule has 156 valence electrons. The lowest BCUT2D eigenvalue weighted by atomic mass is 10.0. The van der Waals surface area contributed by atoms with E-state index in [1.54, 1.807) is 0 Å². The molecule has 9 heteroatoms. The van der Waals surface area contributed by atoms with Crippen LogP contribution in [0, 0.1) is 0 Å². The van der Waals surface area contributed by atoms with E-state index in [4.69, 9.17) is 28.2 Å². The average Bonchev–Trinajstić information content (AvgIpc) is 3.40. The molecule has 2 heterocycles. The summed E-state index contributed by atoms with van der Waals surface area (Å²) in [6, 6.07) is 13.2. The van der Waals surface area contributed by atoms with Gasteiger partial charge in [-0.2, -0.15) is 0 Å². The highest BCUT2D eigenvalue weighted by Crippen LogP contribution is 2.35. The molecule has 0 aliphatic heterocycles. The van der Waals surface area contributed by atoms with Crippen molar-refractivity contribution in [3.8, 4) is 0 Å². The normalized spacial score (nSPS) is 12.8. The lowest BCUT2D eigenvalue weighted by Crippen LogP contribution is -2.15. The maximum absolute atomic E-state index is 13.2. The third-order valence-electron chi connectivity index (χ3n) is 5.17. The molecule has 5 rings (SSSR count). The second-order valence-corrected chi connectivity index (χ2v) is 10.1. The zero-order valence-electron chi connectivity index (χ0n) is 16.2. The van der Waals surface area contributed by atoms with Crippen molar-refractivity contribution < 1.29 is 4.79 Å². The third kappa shape index (κ3) is 4.15. The van der Waals surface area contributed by atoms with E-state index in [-0.39, 0.29) is 5.91 Å². The summed E-state index contributed by atoms with van der Waals surface area (Å²) >= 11 is 15.3. The molecule has 0 saturated carbocycles. The van der Waals surface area contributed by atoms with Gasteiger partial charge in [-0.05, 0) is 48.6 Å². The molecule has 0 spiro atoms. The fraction of sp³-hybridized carbons (Fsp3) is 0.182. The van der Waals surface area contributed by atoms with Crippen LogP contribution in [0.3, 0.4) is 0 Å². The van der Waals surface area contributed by atoms with Gasteiger partial charge in [-0.25, -0.2) is 0 Å². The largest absolute Gasteiger partial charge is 0.296 e. The van der Waals surface area contributed by atoms with Crippen LogP contribution in [0.25, 0.3) is 10.9 Å². The molecule has 0 unspecified atom stereocenters. The molecule has 31 heavy (non-hydrogen) atoms. The van der Waals surface area contributed by atoms with E-state index in [2.05, 4.69) is 15.5 Å². The second-order valence-electron chi connectivity index (χ2n) is 7.10. The highest BCUT2D eigenvalue weighted by atomic mass is 35.5. The van der Waals surface area contributed by atoms with Crippen molar-refractivity contribution in [3.63, 3.8) is 0 Å². The summed E-state index contributed by atoms with van der Waals surface area (Å²) in [5.41, 5.74) is 4.47. The molecule has 2 aromatic carbocycles. The van der Waals surface area contributed by atoms with Crippen LogP contribution in [0.15, 0.2) is 46.8 Å². The van der Waals surface area contributed by atoms with E-state index in [0.29, 0.717) is 26.5 Å². The lowest BCUT2D eigenvalue weighted by molar-refractivity contribution is 0.102. The molecule has 0 atom stereocenters. The minimum Gasteiger partial charge on any atom is -0.296 e. The Labute approximate surface area is 197 Å².